The highest BCUT2D eigenvalue weighted by Gasteiger charge is 2.43. The van der Waals surface area contributed by atoms with Gasteiger partial charge in [-0.1, -0.05) is 24.6 Å². The topological polar surface area (TPSA) is 104 Å². The van der Waals surface area contributed by atoms with Gasteiger partial charge in [-0.15, -0.1) is 10.2 Å². The average molecular weight is 465 g/mol. The minimum Gasteiger partial charge on any atom is -0.303 e. The van der Waals surface area contributed by atoms with Crippen molar-refractivity contribution in [2.24, 2.45) is 0 Å². The van der Waals surface area contributed by atoms with Gasteiger partial charge in [0, 0.05) is 30.4 Å². The van der Waals surface area contributed by atoms with Gasteiger partial charge in [0.15, 0.2) is 15.7 Å². The van der Waals surface area contributed by atoms with Gasteiger partial charge in [0.2, 0.25) is 0 Å². The van der Waals surface area contributed by atoms with E-state index >= 15 is 0 Å². The first-order valence-electron chi connectivity index (χ1n) is 9.88. The Bertz CT molecular complexity index is 1200. The second-order valence-corrected chi connectivity index (χ2v) is 10.6. The number of hydrogen-bond donors (Lipinski definition) is 0. The molecule has 1 aliphatic rings. The summed E-state index contributed by atoms with van der Waals surface area (Å²) in [5, 5.41) is 7.85. The molecule has 3 aromatic heterocycles. The third-order valence-corrected chi connectivity index (χ3v) is 7.94. The van der Waals surface area contributed by atoms with Crippen molar-refractivity contribution in [3.8, 4) is 11.5 Å². The predicted molar refractivity (Wildman–Crippen MR) is 114 cm³/mol. The number of halogens is 2. The Morgan fingerprint density at radius 3 is 2.52 bits per heavy atom. The number of aryl methyl sites for hydroxylation is 1. The van der Waals surface area contributed by atoms with Gasteiger partial charge in [0.05, 0.1) is 16.3 Å². The van der Waals surface area contributed by atoms with Crippen LogP contribution in [0.3, 0.4) is 0 Å². The highest BCUT2D eigenvalue weighted by Crippen LogP contribution is 2.42. The molecule has 3 aromatic rings. The van der Waals surface area contributed by atoms with Crippen LogP contribution in [-0.4, -0.2) is 49.6 Å². The van der Waals surface area contributed by atoms with Crippen molar-refractivity contribution in [1.82, 2.24) is 29.7 Å². The molecule has 0 aromatic carbocycles. The van der Waals surface area contributed by atoms with E-state index in [1.165, 1.54) is 12.4 Å². The first-order chi connectivity index (χ1) is 14.7. The average Bonchev–Trinajstić information content (AvgIpc) is 3.30. The van der Waals surface area contributed by atoms with Crippen molar-refractivity contribution in [2.75, 3.05) is 0 Å². The van der Waals surface area contributed by atoms with Gasteiger partial charge in [-0.3, -0.25) is 0 Å². The zero-order chi connectivity index (χ0) is 22.3. The molecule has 164 valence electrons. The quantitative estimate of drug-likeness (QED) is 0.527. The van der Waals surface area contributed by atoms with Crippen LogP contribution in [0.5, 0.6) is 0 Å². The fraction of sp³-hybridized carbons (Fsp3) is 0.450. The fourth-order valence-corrected chi connectivity index (χ4v) is 5.08. The van der Waals surface area contributed by atoms with Crippen molar-refractivity contribution < 1.29 is 12.8 Å². The fourth-order valence-electron chi connectivity index (χ4n) is 3.42. The number of pyridine rings is 1. The molecule has 0 bridgehead atoms. The highest BCUT2D eigenvalue weighted by molar-refractivity contribution is 7.91. The van der Waals surface area contributed by atoms with E-state index in [-0.39, 0.29) is 11.6 Å². The molecule has 4 atom stereocenters. The van der Waals surface area contributed by atoms with Crippen LogP contribution in [0.1, 0.15) is 49.6 Å². The normalized spacial score (nSPS) is 20.4. The van der Waals surface area contributed by atoms with Crippen LogP contribution in [-0.2, 0) is 15.6 Å². The molecule has 3 heterocycles. The minimum absolute atomic E-state index is 0.208. The molecule has 0 saturated heterocycles. The van der Waals surface area contributed by atoms with Crippen molar-refractivity contribution in [3.63, 3.8) is 0 Å². The maximum Gasteiger partial charge on any atom is 0.183 e. The molecule has 31 heavy (non-hydrogen) atoms. The molecule has 0 N–H and O–H groups in total. The number of hydrogen-bond acceptors (Lipinski definition) is 7. The van der Waals surface area contributed by atoms with Gasteiger partial charge in [-0.25, -0.2) is 27.8 Å². The van der Waals surface area contributed by atoms with Crippen molar-refractivity contribution >= 4 is 21.4 Å². The van der Waals surface area contributed by atoms with Gasteiger partial charge in [-0.2, -0.15) is 0 Å². The third-order valence-electron chi connectivity index (χ3n) is 5.54. The van der Waals surface area contributed by atoms with Crippen molar-refractivity contribution in [2.45, 2.75) is 56.3 Å². The lowest BCUT2D eigenvalue weighted by Crippen LogP contribution is -2.27. The Kier molecular flexibility index (Phi) is 5.78. The first kappa shape index (κ1) is 21.8. The van der Waals surface area contributed by atoms with Crippen LogP contribution >= 0.6 is 11.6 Å². The summed E-state index contributed by atoms with van der Waals surface area (Å²) in [5.41, 5.74) is 1.31. The Labute approximate surface area is 184 Å². The number of sulfone groups is 1. The van der Waals surface area contributed by atoms with Crippen molar-refractivity contribution in [3.05, 3.63) is 53.0 Å². The van der Waals surface area contributed by atoms with Crippen LogP contribution in [0.4, 0.5) is 4.39 Å². The predicted octanol–water partition coefficient (Wildman–Crippen LogP) is 3.48. The molecule has 1 fully saturated rings. The summed E-state index contributed by atoms with van der Waals surface area (Å²) in [6.07, 6.45) is 2.12. The summed E-state index contributed by atoms with van der Waals surface area (Å²) in [6, 6.07) is 4.93. The first-order valence-corrected chi connectivity index (χ1v) is 12.0. The van der Waals surface area contributed by atoms with Crippen LogP contribution in [0, 0.1) is 6.92 Å². The van der Waals surface area contributed by atoms with Gasteiger partial charge in [0.25, 0.3) is 0 Å². The van der Waals surface area contributed by atoms with Crippen LogP contribution < -0.4 is 0 Å². The zero-order valence-electron chi connectivity index (χ0n) is 17.3. The summed E-state index contributed by atoms with van der Waals surface area (Å²) in [6.45, 7) is 5.19. The third kappa shape index (κ3) is 4.45. The van der Waals surface area contributed by atoms with Gasteiger partial charge in [-0.05, 0) is 26.0 Å². The molecular weight excluding hydrogens is 443 g/mol. The smallest absolute Gasteiger partial charge is 0.183 e. The van der Waals surface area contributed by atoms with Crippen molar-refractivity contribution in [1.29, 1.82) is 0 Å². The number of rotatable bonds is 7. The van der Waals surface area contributed by atoms with E-state index in [0.717, 1.165) is 5.69 Å². The van der Waals surface area contributed by atoms with E-state index < -0.39 is 33.2 Å². The number of aromatic nitrogens is 6. The Balaban J connectivity index is 1.64. The molecule has 8 nitrogen and oxygen atoms in total. The van der Waals surface area contributed by atoms with E-state index in [9.17, 15) is 12.8 Å². The van der Waals surface area contributed by atoms with E-state index in [1.54, 1.807) is 24.5 Å². The molecule has 0 unspecified atom stereocenters. The van der Waals surface area contributed by atoms with E-state index in [4.69, 9.17) is 11.6 Å². The summed E-state index contributed by atoms with van der Waals surface area (Å²) < 4.78 is 41.9. The SMILES string of the molecule is Cc1cccc(-c2nnc(CS(=O)(=O)[C@@H](C)[C@H](C)c3ncc(Cl)cn3)n2[C@@H]2C[C@@H]2F)n1. The lowest BCUT2D eigenvalue weighted by atomic mass is 10.1. The van der Waals surface area contributed by atoms with Crippen LogP contribution in [0.15, 0.2) is 30.6 Å². The van der Waals surface area contributed by atoms with Crippen LogP contribution in [0.25, 0.3) is 11.5 Å². The molecule has 1 aliphatic carbocycles. The largest absolute Gasteiger partial charge is 0.303 e. The molecule has 11 heteroatoms. The summed E-state index contributed by atoms with van der Waals surface area (Å²) >= 11 is 5.82. The molecule has 0 aliphatic heterocycles. The monoisotopic (exact) mass is 464 g/mol. The standard InChI is InChI=1S/C20H22ClFN6O2S/c1-11-5-4-6-16(25-11)20-27-26-18(28(20)17-7-15(17)22)10-31(29,30)13(3)12(2)19-23-8-14(21)9-24-19/h4-6,8-9,12-13,15,17H,7,10H2,1-3H3/t12-,13-,15-,17+/m0/s1. The number of alkyl halides is 1. The molecular formula is C20H22ClFN6O2S. The molecule has 0 amide bonds. The summed E-state index contributed by atoms with van der Waals surface area (Å²) in [4.78, 5) is 12.7. The number of nitrogens with zero attached hydrogens (tertiary/aromatic N) is 6. The van der Waals surface area contributed by atoms with E-state index in [1.807, 2.05) is 19.1 Å². The maximum absolute atomic E-state index is 14.0. The highest BCUT2D eigenvalue weighted by atomic mass is 35.5. The maximum atomic E-state index is 14.0. The van der Waals surface area contributed by atoms with E-state index in [0.29, 0.717) is 28.8 Å². The van der Waals surface area contributed by atoms with Gasteiger partial charge >= 0.3 is 0 Å². The Morgan fingerprint density at radius 1 is 1.23 bits per heavy atom. The summed E-state index contributed by atoms with van der Waals surface area (Å²) in [7, 11) is -3.67. The molecule has 4 rings (SSSR count). The van der Waals surface area contributed by atoms with Crippen LogP contribution in [0.2, 0.25) is 5.02 Å². The summed E-state index contributed by atoms with van der Waals surface area (Å²) in [5.74, 6) is 0.137. The Hall–Kier alpha value is -2.46. The zero-order valence-corrected chi connectivity index (χ0v) is 18.8. The van der Waals surface area contributed by atoms with Gasteiger partial charge < -0.3 is 4.57 Å². The molecule has 0 radical (unpaired) electrons. The second-order valence-electron chi connectivity index (χ2n) is 7.85. The molecule has 1 saturated carbocycles. The second kappa shape index (κ2) is 8.23. The van der Waals surface area contributed by atoms with Gasteiger partial charge in [0.1, 0.15) is 29.3 Å². The Morgan fingerprint density at radius 2 is 1.90 bits per heavy atom. The molecule has 0 spiro atoms. The lowest BCUT2D eigenvalue weighted by molar-refractivity contribution is 0.439. The minimum atomic E-state index is -3.67. The van der Waals surface area contributed by atoms with E-state index in [2.05, 4.69) is 25.1 Å². The lowest BCUT2D eigenvalue weighted by Gasteiger charge is -2.19.